The summed E-state index contributed by atoms with van der Waals surface area (Å²) in [5.74, 6) is 0.734. The maximum Gasteiger partial charge on any atom is 0.317 e. The van der Waals surface area contributed by atoms with E-state index in [9.17, 15) is 4.79 Å². The normalized spacial score (nSPS) is 20.7. The highest BCUT2D eigenvalue weighted by Crippen LogP contribution is 2.10. The average molecular weight is 334 g/mol. The van der Waals surface area contributed by atoms with Crippen LogP contribution in [0.5, 0.6) is 0 Å². The first kappa shape index (κ1) is 16.9. The Morgan fingerprint density at radius 3 is 2.50 bits per heavy atom. The summed E-state index contributed by atoms with van der Waals surface area (Å²) in [6.45, 7) is 9.27. The number of hydrogen-bond donors (Lipinski definition) is 1. The summed E-state index contributed by atoms with van der Waals surface area (Å²) in [5, 5.41) is 3.11. The second-order valence-electron chi connectivity index (χ2n) is 6.29. The molecule has 3 rings (SSSR count). The molecule has 1 N–H and O–H groups in total. The number of nitrogens with one attached hydrogen (secondary N) is 1. The third-order valence-corrected chi connectivity index (χ3v) is 4.41. The number of aromatic nitrogens is 2. The number of piperazine rings is 1. The lowest BCUT2D eigenvalue weighted by Crippen LogP contribution is -2.55. The minimum absolute atomic E-state index is 0.0180. The molecule has 2 amide bonds. The number of amides is 2. The molecule has 8 nitrogen and oxygen atoms in total. The molecule has 0 unspecified atom stereocenters. The molecule has 0 bridgehead atoms. The molecular formula is C16H26N6O2. The van der Waals surface area contributed by atoms with E-state index in [1.807, 2.05) is 11.0 Å². The summed E-state index contributed by atoms with van der Waals surface area (Å²) >= 11 is 0. The second kappa shape index (κ2) is 8.25. The molecule has 1 aromatic rings. The first-order chi connectivity index (χ1) is 11.7. The van der Waals surface area contributed by atoms with Crippen LogP contribution in [0.4, 0.5) is 10.7 Å². The first-order valence-electron chi connectivity index (χ1n) is 8.60. The van der Waals surface area contributed by atoms with Crippen LogP contribution in [-0.2, 0) is 4.74 Å². The van der Waals surface area contributed by atoms with Gasteiger partial charge in [-0.25, -0.2) is 14.8 Å². The van der Waals surface area contributed by atoms with Gasteiger partial charge in [-0.05, 0) is 13.0 Å². The molecule has 0 spiro atoms. The molecule has 132 valence electrons. The molecule has 0 radical (unpaired) electrons. The van der Waals surface area contributed by atoms with E-state index in [0.717, 1.165) is 51.9 Å². The van der Waals surface area contributed by atoms with Crippen LogP contribution in [0.3, 0.4) is 0 Å². The Bertz CT molecular complexity index is 515. The van der Waals surface area contributed by atoms with Crippen molar-refractivity contribution in [3.05, 3.63) is 18.5 Å². The van der Waals surface area contributed by atoms with Crippen molar-refractivity contribution in [3.8, 4) is 0 Å². The molecule has 8 heteroatoms. The largest absolute Gasteiger partial charge is 0.379 e. The molecule has 3 heterocycles. The van der Waals surface area contributed by atoms with Crippen molar-refractivity contribution in [2.45, 2.75) is 13.0 Å². The second-order valence-corrected chi connectivity index (χ2v) is 6.29. The quantitative estimate of drug-likeness (QED) is 0.837. The lowest BCUT2D eigenvalue weighted by atomic mass is 10.3. The zero-order valence-electron chi connectivity index (χ0n) is 14.2. The van der Waals surface area contributed by atoms with Gasteiger partial charge < -0.3 is 19.9 Å². The Balaban J connectivity index is 1.41. The van der Waals surface area contributed by atoms with E-state index < -0.39 is 0 Å². The van der Waals surface area contributed by atoms with E-state index in [-0.39, 0.29) is 12.1 Å². The topological polar surface area (TPSA) is 73.8 Å². The van der Waals surface area contributed by atoms with Gasteiger partial charge in [0.2, 0.25) is 5.95 Å². The molecule has 2 saturated heterocycles. The van der Waals surface area contributed by atoms with Crippen molar-refractivity contribution in [2.24, 2.45) is 0 Å². The Morgan fingerprint density at radius 2 is 1.83 bits per heavy atom. The van der Waals surface area contributed by atoms with Crippen molar-refractivity contribution in [3.63, 3.8) is 0 Å². The number of urea groups is 1. The van der Waals surface area contributed by atoms with Gasteiger partial charge in [-0.1, -0.05) is 0 Å². The molecule has 1 atom stereocenters. The van der Waals surface area contributed by atoms with Gasteiger partial charge in [0, 0.05) is 64.2 Å². The van der Waals surface area contributed by atoms with Crippen molar-refractivity contribution in [2.75, 3.05) is 63.9 Å². The zero-order chi connectivity index (χ0) is 16.8. The Morgan fingerprint density at radius 1 is 1.17 bits per heavy atom. The lowest BCUT2D eigenvalue weighted by Gasteiger charge is -2.36. The van der Waals surface area contributed by atoms with Crippen molar-refractivity contribution < 1.29 is 9.53 Å². The highest BCUT2D eigenvalue weighted by molar-refractivity contribution is 5.74. The third kappa shape index (κ3) is 4.55. The standard InChI is InChI=1S/C16H26N6O2/c1-14(13-20-9-11-24-12-10-20)19-16(23)22-7-5-21(6-8-22)15-17-3-2-4-18-15/h2-4,14H,5-13H2,1H3,(H,19,23)/t14-/m0/s1. The Kier molecular flexibility index (Phi) is 5.81. The predicted octanol–water partition coefficient (Wildman–Crippen LogP) is 0.0289. The van der Waals surface area contributed by atoms with E-state index in [4.69, 9.17) is 4.74 Å². The van der Waals surface area contributed by atoms with Gasteiger partial charge in [0.1, 0.15) is 0 Å². The highest BCUT2D eigenvalue weighted by Gasteiger charge is 2.24. The summed E-state index contributed by atoms with van der Waals surface area (Å²) in [5.41, 5.74) is 0. The smallest absolute Gasteiger partial charge is 0.317 e. The van der Waals surface area contributed by atoms with Crippen molar-refractivity contribution in [1.29, 1.82) is 0 Å². The first-order valence-corrected chi connectivity index (χ1v) is 8.60. The van der Waals surface area contributed by atoms with Gasteiger partial charge in [0.15, 0.2) is 0 Å². The number of carbonyl (C=O) groups is 1. The Hall–Kier alpha value is -1.93. The van der Waals surface area contributed by atoms with Gasteiger partial charge >= 0.3 is 6.03 Å². The Labute approximate surface area is 142 Å². The van der Waals surface area contributed by atoms with E-state index in [1.165, 1.54) is 0 Å². The van der Waals surface area contributed by atoms with Crippen molar-refractivity contribution in [1.82, 2.24) is 25.1 Å². The summed E-state index contributed by atoms with van der Waals surface area (Å²) in [6, 6.07) is 1.96. The number of ether oxygens (including phenoxy) is 1. The number of carbonyl (C=O) groups excluding carboxylic acids is 1. The maximum atomic E-state index is 12.4. The molecule has 0 saturated carbocycles. The highest BCUT2D eigenvalue weighted by atomic mass is 16.5. The van der Waals surface area contributed by atoms with Crippen LogP contribution in [0, 0.1) is 0 Å². The maximum absolute atomic E-state index is 12.4. The van der Waals surface area contributed by atoms with Crippen LogP contribution in [0.1, 0.15) is 6.92 Å². The summed E-state index contributed by atoms with van der Waals surface area (Å²) in [4.78, 5) is 27.3. The molecule has 0 aromatic carbocycles. The fourth-order valence-corrected chi connectivity index (χ4v) is 3.08. The van der Waals surface area contributed by atoms with Crippen molar-refractivity contribution >= 4 is 12.0 Å². The molecule has 24 heavy (non-hydrogen) atoms. The van der Waals surface area contributed by atoms with Crippen LogP contribution in [0.25, 0.3) is 0 Å². The molecule has 0 aliphatic carbocycles. The summed E-state index contributed by atoms with van der Waals surface area (Å²) in [7, 11) is 0. The molecule has 2 fully saturated rings. The van der Waals surface area contributed by atoms with E-state index in [2.05, 4.69) is 32.0 Å². The third-order valence-electron chi connectivity index (χ3n) is 4.41. The van der Waals surface area contributed by atoms with Crippen LogP contribution >= 0.6 is 0 Å². The minimum atomic E-state index is 0.0180. The summed E-state index contributed by atoms with van der Waals surface area (Å²) in [6.07, 6.45) is 3.49. The van der Waals surface area contributed by atoms with Crippen LogP contribution in [0.15, 0.2) is 18.5 Å². The van der Waals surface area contributed by atoms with Gasteiger partial charge in [0.05, 0.1) is 13.2 Å². The summed E-state index contributed by atoms with van der Waals surface area (Å²) < 4.78 is 5.35. The number of rotatable bonds is 4. The predicted molar refractivity (Wildman–Crippen MR) is 91.1 cm³/mol. The van der Waals surface area contributed by atoms with Crippen LogP contribution < -0.4 is 10.2 Å². The van der Waals surface area contributed by atoms with Gasteiger partial charge in [-0.3, -0.25) is 4.90 Å². The molecule has 2 aliphatic rings. The SMILES string of the molecule is C[C@@H](CN1CCOCC1)NC(=O)N1CCN(c2ncccn2)CC1. The molecular weight excluding hydrogens is 308 g/mol. The molecule has 1 aromatic heterocycles. The zero-order valence-corrected chi connectivity index (χ0v) is 14.2. The number of hydrogen-bond acceptors (Lipinski definition) is 6. The lowest BCUT2D eigenvalue weighted by molar-refractivity contribution is 0.0346. The van der Waals surface area contributed by atoms with Crippen LogP contribution in [-0.4, -0.2) is 90.9 Å². The van der Waals surface area contributed by atoms with E-state index in [0.29, 0.717) is 13.1 Å². The number of anilines is 1. The number of morpholine rings is 1. The van der Waals surface area contributed by atoms with E-state index in [1.54, 1.807) is 12.4 Å². The monoisotopic (exact) mass is 334 g/mol. The average Bonchev–Trinajstić information content (AvgIpc) is 2.63. The fraction of sp³-hybridized carbons (Fsp3) is 0.688. The van der Waals surface area contributed by atoms with Gasteiger partial charge in [0.25, 0.3) is 0 Å². The van der Waals surface area contributed by atoms with Gasteiger partial charge in [-0.15, -0.1) is 0 Å². The van der Waals surface area contributed by atoms with E-state index >= 15 is 0 Å². The van der Waals surface area contributed by atoms with Gasteiger partial charge in [-0.2, -0.15) is 0 Å². The minimum Gasteiger partial charge on any atom is -0.379 e. The number of nitrogens with zero attached hydrogens (tertiary/aromatic N) is 5. The fourth-order valence-electron chi connectivity index (χ4n) is 3.08. The van der Waals surface area contributed by atoms with Crippen LogP contribution in [0.2, 0.25) is 0 Å². The molecule has 2 aliphatic heterocycles.